The number of aliphatic carboxylic acids is 1. The first kappa shape index (κ1) is 13.3. The van der Waals surface area contributed by atoms with E-state index in [-0.39, 0.29) is 17.7 Å². The number of likely N-dealkylation sites (tertiary alicyclic amines) is 1. The highest BCUT2D eigenvalue weighted by Crippen LogP contribution is 2.34. The third-order valence-corrected chi connectivity index (χ3v) is 4.44. The number of carbonyl (C=O) groups is 2. The van der Waals surface area contributed by atoms with Crippen molar-refractivity contribution in [1.82, 2.24) is 10.2 Å². The molecule has 0 saturated carbocycles. The standard InChI is InChI=1S/C13H22N2O3/c1-13(2,12(17)18)10-4-3-5-15(8-10)11(16)9-6-14-7-9/h9-10,14H,3-8H2,1-2H3,(H,17,18). The molecule has 1 amide bonds. The number of piperidine rings is 1. The lowest BCUT2D eigenvalue weighted by molar-refractivity contribution is -0.154. The average Bonchev–Trinajstić information content (AvgIpc) is 2.26. The van der Waals surface area contributed by atoms with Gasteiger partial charge < -0.3 is 15.3 Å². The zero-order chi connectivity index (χ0) is 13.3. The first-order valence-corrected chi connectivity index (χ1v) is 6.66. The van der Waals surface area contributed by atoms with Crippen LogP contribution in [0, 0.1) is 17.3 Å². The van der Waals surface area contributed by atoms with Crippen molar-refractivity contribution in [3.8, 4) is 0 Å². The molecular formula is C13H22N2O3. The Balaban J connectivity index is 1.99. The number of carboxylic acid groups (broad SMARTS) is 1. The van der Waals surface area contributed by atoms with E-state index in [2.05, 4.69) is 5.32 Å². The summed E-state index contributed by atoms with van der Waals surface area (Å²) >= 11 is 0. The first-order chi connectivity index (χ1) is 8.43. The molecule has 2 fully saturated rings. The van der Waals surface area contributed by atoms with Crippen LogP contribution in [0.4, 0.5) is 0 Å². The van der Waals surface area contributed by atoms with Gasteiger partial charge in [0.25, 0.3) is 0 Å². The molecular weight excluding hydrogens is 232 g/mol. The minimum absolute atomic E-state index is 0.0562. The van der Waals surface area contributed by atoms with Gasteiger partial charge in [0.15, 0.2) is 0 Å². The molecule has 0 aromatic heterocycles. The Kier molecular flexibility index (Phi) is 3.61. The van der Waals surface area contributed by atoms with Crippen molar-refractivity contribution < 1.29 is 14.7 Å². The fourth-order valence-corrected chi connectivity index (χ4v) is 2.66. The van der Waals surface area contributed by atoms with Crippen LogP contribution in [0.25, 0.3) is 0 Å². The van der Waals surface area contributed by atoms with E-state index in [4.69, 9.17) is 0 Å². The van der Waals surface area contributed by atoms with E-state index in [1.54, 1.807) is 13.8 Å². The quantitative estimate of drug-likeness (QED) is 0.772. The molecule has 102 valence electrons. The monoisotopic (exact) mass is 254 g/mol. The summed E-state index contributed by atoms with van der Waals surface area (Å²) < 4.78 is 0. The maximum Gasteiger partial charge on any atom is 0.309 e. The highest BCUT2D eigenvalue weighted by molar-refractivity contribution is 5.80. The molecule has 5 heteroatoms. The lowest BCUT2D eigenvalue weighted by atomic mass is 9.74. The molecule has 0 radical (unpaired) electrons. The number of rotatable bonds is 3. The summed E-state index contributed by atoms with van der Waals surface area (Å²) in [5, 5.41) is 12.4. The predicted octanol–water partition coefficient (Wildman–Crippen LogP) is 0.555. The van der Waals surface area contributed by atoms with E-state index in [1.807, 2.05) is 4.90 Å². The third kappa shape index (κ3) is 2.36. The number of amides is 1. The maximum atomic E-state index is 12.2. The molecule has 1 atom stereocenters. The molecule has 0 spiro atoms. The van der Waals surface area contributed by atoms with Crippen LogP contribution in [0.2, 0.25) is 0 Å². The van der Waals surface area contributed by atoms with Crippen LogP contribution in [0.1, 0.15) is 26.7 Å². The molecule has 2 heterocycles. The Morgan fingerprint density at radius 3 is 2.50 bits per heavy atom. The Bertz CT molecular complexity index is 350. The van der Waals surface area contributed by atoms with Gasteiger partial charge in [0.05, 0.1) is 11.3 Å². The van der Waals surface area contributed by atoms with Crippen molar-refractivity contribution in [3.05, 3.63) is 0 Å². The Labute approximate surface area is 108 Å². The number of nitrogens with one attached hydrogen (secondary N) is 1. The first-order valence-electron chi connectivity index (χ1n) is 6.66. The summed E-state index contributed by atoms with van der Waals surface area (Å²) in [6.07, 6.45) is 1.80. The highest BCUT2D eigenvalue weighted by atomic mass is 16.4. The zero-order valence-corrected chi connectivity index (χ0v) is 11.1. The van der Waals surface area contributed by atoms with Gasteiger partial charge in [0.1, 0.15) is 0 Å². The molecule has 1 unspecified atom stereocenters. The summed E-state index contributed by atoms with van der Waals surface area (Å²) in [7, 11) is 0. The molecule has 0 aliphatic carbocycles. The molecule has 2 saturated heterocycles. The van der Waals surface area contributed by atoms with Crippen molar-refractivity contribution in [2.45, 2.75) is 26.7 Å². The SMILES string of the molecule is CC(C)(C(=O)O)C1CCCN(C(=O)C2CNC2)C1. The largest absolute Gasteiger partial charge is 0.481 e. The number of hydrogen-bond acceptors (Lipinski definition) is 3. The van der Waals surface area contributed by atoms with E-state index in [0.29, 0.717) is 6.54 Å². The Morgan fingerprint density at radius 1 is 1.33 bits per heavy atom. The predicted molar refractivity (Wildman–Crippen MR) is 67.1 cm³/mol. The topological polar surface area (TPSA) is 69.6 Å². The summed E-state index contributed by atoms with van der Waals surface area (Å²) in [6, 6.07) is 0. The number of nitrogens with zero attached hydrogens (tertiary/aromatic N) is 1. The number of hydrogen-bond donors (Lipinski definition) is 2. The smallest absolute Gasteiger partial charge is 0.309 e. The Hall–Kier alpha value is -1.10. The van der Waals surface area contributed by atoms with Crippen molar-refractivity contribution in [2.75, 3.05) is 26.2 Å². The fourth-order valence-electron chi connectivity index (χ4n) is 2.66. The van der Waals surface area contributed by atoms with Crippen molar-refractivity contribution in [1.29, 1.82) is 0 Å². The molecule has 2 N–H and O–H groups in total. The fraction of sp³-hybridized carbons (Fsp3) is 0.846. The lowest BCUT2D eigenvalue weighted by Gasteiger charge is -2.41. The second kappa shape index (κ2) is 4.88. The second-order valence-corrected chi connectivity index (χ2v) is 6.01. The summed E-state index contributed by atoms with van der Waals surface area (Å²) in [5.74, 6) is -0.413. The van der Waals surface area contributed by atoms with Gasteiger partial charge in [-0.25, -0.2) is 0 Å². The number of carboxylic acids is 1. The molecule has 2 aliphatic heterocycles. The minimum Gasteiger partial charge on any atom is -0.481 e. The van der Waals surface area contributed by atoms with E-state index >= 15 is 0 Å². The lowest BCUT2D eigenvalue weighted by Crippen LogP contribution is -2.55. The average molecular weight is 254 g/mol. The van der Waals surface area contributed by atoms with Crippen LogP contribution in [0.5, 0.6) is 0 Å². The van der Waals surface area contributed by atoms with Crippen LogP contribution in [0.15, 0.2) is 0 Å². The van der Waals surface area contributed by atoms with Gasteiger partial charge in [-0.15, -0.1) is 0 Å². The van der Waals surface area contributed by atoms with Gasteiger partial charge in [-0.05, 0) is 32.6 Å². The van der Waals surface area contributed by atoms with E-state index in [9.17, 15) is 14.7 Å². The van der Waals surface area contributed by atoms with Crippen LogP contribution < -0.4 is 5.32 Å². The molecule has 2 aliphatic rings. The van der Waals surface area contributed by atoms with Gasteiger partial charge >= 0.3 is 5.97 Å². The highest BCUT2D eigenvalue weighted by Gasteiger charge is 2.41. The minimum atomic E-state index is -0.771. The molecule has 0 aromatic rings. The van der Waals surface area contributed by atoms with Crippen LogP contribution >= 0.6 is 0 Å². The maximum absolute atomic E-state index is 12.2. The number of carbonyl (C=O) groups excluding carboxylic acids is 1. The molecule has 18 heavy (non-hydrogen) atoms. The van der Waals surface area contributed by atoms with Crippen molar-refractivity contribution >= 4 is 11.9 Å². The summed E-state index contributed by atoms with van der Waals surface area (Å²) in [5.41, 5.74) is -0.753. The normalized spacial score (nSPS) is 25.7. The summed E-state index contributed by atoms with van der Waals surface area (Å²) in [6.45, 7) is 6.43. The van der Waals surface area contributed by atoms with E-state index < -0.39 is 11.4 Å². The van der Waals surface area contributed by atoms with Gasteiger partial charge in [0, 0.05) is 26.2 Å². The summed E-state index contributed by atoms with van der Waals surface area (Å²) in [4.78, 5) is 25.3. The van der Waals surface area contributed by atoms with Crippen LogP contribution in [-0.2, 0) is 9.59 Å². The third-order valence-electron chi connectivity index (χ3n) is 4.44. The molecule has 0 aromatic carbocycles. The van der Waals surface area contributed by atoms with Crippen LogP contribution in [0.3, 0.4) is 0 Å². The van der Waals surface area contributed by atoms with Gasteiger partial charge in [-0.3, -0.25) is 9.59 Å². The van der Waals surface area contributed by atoms with Gasteiger partial charge in [-0.2, -0.15) is 0 Å². The van der Waals surface area contributed by atoms with Gasteiger partial charge in [0.2, 0.25) is 5.91 Å². The second-order valence-electron chi connectivity index (χ2n) is 6.01. The van der Waals surface area contributed by atoms with E-state index in [1.165, 1.54) is 0 Å². The van der Waals surface area contributed by atoms with Crippen molar-refractivity contribution in [3.63, 3.8) is 0 Å². The molecule has 5 nitrogen and oxygen atoms in total. The van der Waals surface area contributed by atoms with E-state index in [0.717, 1.165) is 32.5 Å². The van der Waals surface area contributed by atoms with Gasteiger partial charge in [-0.1, -0.05) is 0 Å². The molecule has 2 rings (SSSR count). The van der Waals surface area contributed by atoms with Crippen molar-refractivity contribution in [2.24, 2.45) is 17.3 Å². The van der Waals surface area contributed by atoms with Crippen LogP contribution in [-0.4, -0.2) is 48.1 Å². The molecule has 0 bridgehead atoms. The Morgan fingerprint density at radius 2 is 2.00 bits per heavy atom. The zero-order valence-electron chi connectivity index (χ0n) is 11.1.